The third-order valence-electron chi connectivity index (χ3n) is 11.8. The van der Waals surface area contributed by atoms with Crippen LogP contribution in [0.4, 0.5) is 20.2 Å². The molecule has 0 radical (unpaired) electrons. The van der Waals surface area contributed by atoms with Gasteiger partial charge in [0.1, 0.15) is 35.6 Å². The molecule has 3 amide bonds. The lowest BCUT2D eigenvalue weighted by atomic mass is 10.0. The monoisotopic (exact) mass is 799 g/mol. The van der Waals surface area contributed by atoms with Gasteiger partial charge in [0.25, 0.3) is 11.5 Å². The van der Waals surface area contributed by atoms with Crippen LogP contribution in [0.25, 0.3) is 16.6 Å². The summed E-state index contributed by atoms with van der Waals surface area (Å²) in [5.41, 5.74) is 3.65. The summed E-state index contributed by atoms with van der Waals surface area (Å²) in [6.45, 7) is 3.68. The van der Waals surface area contributed by atoms with Crippen molar-refractivity contribution in [2.75, 3.05) is 36.0 Å². The summed E-state index contributed by atoms with van der Waals surface area (Å²) in [7, 11) is 0. The van der Waals surface area contributed by atoms with E-state index in [1.54, 1.807) is 17.0 Å². The molecule has 13 nitrogen and oxygen atoms in total. The first-order valence-electron chi connectivity index (χ1n) is 19.7. The Morgan fingerprint density at radius 2 is 1.42 bits per heavy atom. The summed E-state index contributed by atoms with van der Waals surface area (Å²) < 4.78 is 42.2. The molecule has 0 bridgehead atoms. The van der Waals surface area contributed by atoms with Gasteiger partial charge in [0.05, 0.1) is 28.8 Å². The van der Waals surface area contributed by atoms with Gasteiger partial charge in [-0.1, -0.05) is 0 Å². The summed E-state index contributed by atoms with van der Waals surface area (Å²) >= 11 is 0. The van der Waals surface area contributed by atoms with Crippen LogP contribution in [0.1, 0.15) is 60.0 Å². The molecule has 9 rings (SSSR count). The molecule has 3 saturated heterocycles. The average Bonchev–Trinajstić information content (AvgIpc) is 3.58. The molecule has 3 fully saturated rings. The van der Waals surface area contributed by atoms with Gasteiger partial charge in [-0.25, -0.2) is 13.8 Å². The number of fused-ring (bicyclic) bond motifs is 2. The van der Waals surface area contributed by atoms with Gasteiger partial charge in [0.2, 0.25) is 11.8 Å². The fourth-order valence-electron chi connectivity index (χ4n) is 8.56. The number of amides is 3. The molecule has 0 saturated carbocycles. The first-order valence-corrected chi connectivity index (χ1v) is 19.7. The standard InChI is InChI=1S/C44H39F2N7O6/c45-36-8-9-37(46)41(35(36)23-47)59-32-6-10-38-34(22-32)44(57)53(25-48-38)28-3-1-27(2-4-28)50-17-13-30(14-18-50)58-31-15-19-51(20-16-31)29-5-7-33-26(21-29)24-52(43(33)56)39-11-12-40(54)49-42(39)55/h1-10,21-22,25,30-31,39H,11-20,24H2,(H,49,54,55). The minimum atomic E-state index is -0.915. The molecule has 5 heterocycles. The molecule has 1 N–H and O–H groups in total. The molecule has 300 valence electrons. The zero-order chi connectivity index (χ0) is 40.8. The van der Waals surface area contributed by atoms with Crippen LogP contribution in [0.5, 0.6) is 11.5 Å². The van der Waals surface area contributed by atoms with Crippen molar-refractivity contribution in [3.05, 3.63) is 118 Å². The lowest BCUT2D eigenvalue weighted by Crippen LogP contribution is -2.52. The molecule has 0 spiro atoms. The molecule has 59 heavy (non-hydrogen) atoms. The van der Waals surface area contributed by atoms with Gasteiger partial charge in [-0.2, -0.15) is 5.26 Å². The molecule has 15 heteroatoms. The van der Waals surface area contributed by atoms with Gasteiger partial charge in [0, 0.05) is 56.1 Å². The Hall–Kier alpha value is -6.66. The van der Waals surface area contributed by atoms with Crippen molar-refractivity contribution >= 4 is 40.0 Å². The molecule has 4 aliphatic rings. The fourth-order valence-corrected chi connectivity index (χ4v) is 8.56. The van der Waals surface area contributed by atoms with Crippen LogP contribution in [0, 0.1) is 23.0 Å². The van der Waals surface area contributed by atoms with E-state index in [4.69, 9.17) is 9.47 Å². The van der Waals surface area contributed by atoms with Gasteiger partial charge in [-0.05, 0) is 110 Å². The maximum Gasteiger partial charge on any atom is 0.265 e. The molecular weight excluding hydrogens is 761 g/mol. The quantitative estimate of drug-likeness (QED) is 0.193. The maximum atomic E-state index is 14.5. The number of anilines is 2. The van der Waals surface area contributed by atoms with Crippen LogP contribution in [0.2, 0.25) is 0 Å². The minimum Gasteiger partial charge on any atom is -0.453 e. The molecule has 4 aromatic carbocycles. The summed E-state index contributed by atoms with van der Waals surface area (Å²) in [4.78, 5) is 61.4. The van der Waals surface area contributed by atoms with Crippen molar-refractivity contribution in [3.8, 4) is 23.3 Å². The second-order valence-corrected chi connectivity index (χ2v) is 15.3. The van der Waals surface area contributed by atoms with E-state index in [0.29, 0.717) is 29.7 Å². The second kappa shape index (κ2) is 15.6. The molecule has 1 aromatic heterocycles. The normalized spacial score (nSPS) is 18.9. The molecule has 0 aliphatic carbocycles. The highest BCUT2D eigenvalue weighted by Crippen LogP contribution is 2.34. The first kappa shape index (κ1) is 37.9. The predicted molar refractivity (Wildman–Crippen MR) is 213 cm³/mol. The smallest absolute Gasteiger partial charge is 0.265 e. The van der Waals surface area contributed by atoms with Gasteiger partial charge in [0.15, 0.2) is 11.6 Å². The van der Waals surface area contributed by atoms with E-state index in [9.17, 15) is 33.2 Å². The Morgan fingerprint density at radius 3 is 2.12 bits per heavy atom. The molecule has 1 unspecified atom stereocenters. The van der Waals surface area contributed by atoms with Crippen LogP contribution in [-0.4, -0.2) is 76.6 Å². The van der Waals surface area contributed by atoms with E-state index in [1.807, 2.05) is 36.4 Å². The van der Waals surface area contributed by atoms with Crippen molar-refractivity contribution in [3.63, 3.8) is 0 Å². The van der Waals surface area contributed by atoms with Crippen molar-refractivity contribution < 1.29 is 32.6 Å². The van der Waals surface area contributed by atoms with Crippen molar-refractivity contribution in [2.24, 2.45) is 0 Å². The Bertz CT molecular complexity index is 2590. The zero-order valence-electron chi connectivity index (χ0n) is 31.9. The van der Waals surface area contributed by atoms with Crippen molar-refractivity contribution in [1.29, 1.82) is 5.26 Å². The van der Waals surface area contributed by atoms with Gasteiger partial charge < -0.3 is 24.2 Å². The highest BCUT2D eigenvalue weighted by atomic mass is 19.1. The van der Waals surface area contributed by atoms with Gasteiger partial charge >= 0.3 is 0 Å². The molecule has 1 atom stereocenters. The minimum absolute atomic E-state index is 0.0563. The maximum absolute atomic E-state index is 14.5. The molecular formula is C44H39F2N7O6. The number of piperidine rings is 3. The van der Waals surface area contributed by atoms with E-state index < -0.39 is 34.9 Å². The van der Waals surface area contributed by atoms with Gasteiger partial charge in [-0.3, -0.25) is 29.1 Å². The van der Waals surface area contributed by atoms with E-state index in [0.717, 1.165) is 80.9 Å². The Kier molecular flexibility index (Phi) is 10.0. The number of hydrogen-bond donors (Lipinski definition) is 1. The first-order chi connectivity index (χ1) is 28.6. The Labute approximate surface area is 337 Å². The van der Waals surface area contributed by atoms with E-state index in [-0.39, 0.29) is 47.1 Å². The third kappa shape index (κ3) is 7.36. The highest BCUT2D eigenvalue weighted by molar-refractivity contribution is 6.05. The number of nitrogens with one attached hydrogen (secondary N) is 1. The van der Waals surface area contributed by atoms with Crippen LogP contribution >= 0.6 is 0 Å². The van der Waals surface area contributed by atoms with Crippen LogP contribution in [0.15, 0.2) is 83.9 Å². The number of ether oxygens (including phenoxy) is 2. The van der Waals surface area contributed by atoms with E-state index in [2.05, 4.69) is 26.2 Å². The Morgan fingerprint density at radius 1 is 0.763 bits per heavy atom. The van der Waals surface area contributed by atoms with Crippen LogP contribution in [0.3, 0.4) is 0 Å². The van der Waals surface area contributed by atoms with E-state index in [1.165, 1.54) is 23.0 Å². The van der Waals surface area contributed by atoms with Crippen LogP contribution < -0.4 is 25.4 Å². The topological polar surface area (TPSA) is 150 Å². The SMILES string of the molecule is N#Cc1c(F)ccc(F)c1Oc1ccc2ncn(-c3ccc(N4CCC(OC5CCN(c6ccc7c(c6)CN(C6CCC(=O)NC6=O)C7=O)CC5)CC4)cc3)c(=O)c2c1. The third-order valence-corrected chi connectivity index (χ3v) is 11.8. The Balaban J connectivity index is 0.776. The largest absolute Gasteiger partial charge is 0.453 e. The second-order valence-electron chi connectivity index (χ2n) is 15.3. The number of rotatable bonds is 8. The zero-order valence-corrected chi connectivity index (χ0v) is 31.9. The molecule has 5 aromatic rings. The molecule has 4 aliphatic heterocycles. The average molecular weight is 800 g/mol. The summed E-state index contributed by atoms with van der Waals surface area (Å²) in [5, 5.41) is 11.9. The number of hydrogen-bond acceptors (Lipinski definition) is 10. The number of nitriles is 1. The summed E-state index contributed by atoms with van der Waals surface area (Å²) in [5.74, 6) is -3.20. The summed E-state index contributed by atoms with van der Waals surface area (Å²) in [6, 6.07) is 20.7. The number of imide groups is 1. The predicted octanol–water partition coefficient (Wildman–Crippen LogP) is 5.74. The number of aromatic nitrogens is 2. The lowest BCUT2D eigenvalue weighted by Gasteiger charge is -2.38. The van der Waals surface area contributed by atoms with Gasteiger partial charge in [-0.15, -0.1) is 0 Å². The lowest BCUT2D eigenvalue weighted by molar-refractivity contribution is -0.136. The highest BCUT2D eigenvalue weighted by Gasteiger charge is 2.39. The number of halogens is 2. The van der Waals surface area contributed by atoms with Crippen molar-refractivity contribution in [2.45, 2.75) is 63.3 Å². The summed E-state index contributed by atoms with van der Waals surface area (Å²) in [6.07, 6.45) is 5.90. The number of carbonyl (C=O) groups is 3. The number of nitrogens with zero attached hydrogens (tertiary/aromatic N) is 6. The van der Waals surface area contributed by atoms with E-state index >= 15 is 0 Å². The number of carbonyl (C=O) groups excluding carboxylic acids is 3. The van der Waals surface area contributed by atoms with Crippen molar-refractivity contribution in [1.82, 2.24) is 19.8 Å². The number of benzene rings is 4. The van der Waals surface area contributed by atoms with Crippen LogP contribution in [-0.2, 0) is 20.9 Å². The fraction of sp³-hybridized carbons (Fsp3) is 0.318.